The molecule has 0 saturated carbocycles. The van der Waals surface area contributed by atoms with Crippen molar-refractivity contribution in [1.82, 2.24) is 4.98 Å². The first-order chi connectivity index (χ1) is 9.51. The van der Waals surface area contributed by atoms with E-state index in [2.05, 4.69) is 26.2 Å². The van der Waals surface area contributed by atoms with Gasteiger partial charge in [0, 0.05) is 27.4 Å². The summed E-state index contributed by atoms with van der Waals surface area (Å²) in [5.41, 5.74) is 7.42. The normalized spacial score (nSPS) is 12.2. The number of nitrogens with zero attached hydrogens (tertiary/aromatic N) is 1. The van der Waals surface area contributed by atoms with Crippen molar-refractivity contribution in [2.75, 3.05) is 11.9 Å². The molecule has 1 aromatic heterocycles. The molecular weight excluding hydrogens is 338 g/mol. The van der Waals surface area contributed by atoms with Crippen LogP contribution in [0.4, 0.5) is 5.13 Å². The molecule has 2 aromatic rings. The molecule has 4 nitrogen and oxygen atoms in total. The van der Waals surface area contributed by atoms with Gasteiger partial charge in [0.15, 0.2) is 5.13 Å². The topological polar surface area (TPSA) is 68.0 Å². The Kier molecular flexibility index (Phi) is 4.91. The van der Waals surface area contributed by atoms with Crippen molar-refractivity contribution in [3.8, 4) is 11.3 Å². The van der Waals surface area contributed by atoms with Gasteiger partial charge >= 0.3 is 0 Å². The van der Waals surface area contributed by atoms with E-state index in [0.29, 0.717) is 11.7 Å². The van der Waals surface area contributed by atoms with Gasteiger partial charge in [0.05, 0.1) is 5.69 Å². The molecule has 0 aliphatic rings. The van der Waals surface area contributed by atoms with Crippen LogP contribution >= 0.6 is 27.3 Å². The van der Waals surface area contributed by atoms with Gasteiger partial charge in [-0.25, -0.2) is 4.98 Å². The molecule has 3 N–H and O–H groups in total. The molecule has 1 atom stereocenters. The number of aromatic nitrogens is 1. The number of nitrogens with one attached hydrogen (secondary N) is 1. The van der Waals surface area contributed by atoms with Crippen LogP contribution < -0.4 is 11.1 Å². The van der Waals surface area contributed by atoms with E-state index in [1.165, 1.54) is 11.3 Å². The Balaban J connectivity index is 2.21. The van der Waals surface area contributed by atoms with E-state index >= 15 is 0 Å². The molecule has 2 rings (SSSR count). The minimum Gasteiger partial charge on any atom is -0.330 e. The van der Waals surface area contributed by atoms with Crippen molar-refractivity contribution in [3.63, 3.8) is 0 Å². The molecule has 20 heavy (non-hydrogen) atoms. The summed E-state index contributed by atoms with van der Waals surface area (Å²) in [4.78, 5) is 17.4. The standard InChI is InChI=1S/C14H16BrN3OS/c1-8(7-16)13(19)18-14-17-12(9(2)20-14)10-3-5-11(15)6-4-10/h3-6,8H,7,16H2,1-2H3,(H,17,18,19). The first-order valence-corrected chi connectivity index (χ1v) is 7.86. The predicted molar refractivity (Wildman–Crippen MR) is 86.8 cm³/mol. The number of amides is 1. The molecule has 0 saturated heterocycles. The third-order valence-electron chi connectivity index (χ3n) is 2.95. The zero-order valence-corrected chi connectivity index (χ0v) is 13.7. The van der Waals surface area contributed by atoms with E-state index in [1.807, 2.05) is 31.2 Å². The molecule has 1 aromatic carbocycles. The van der Waals surface area contributed by atoms with E-state index in [4.69, 9.17) is 5.73 Å². The van der Waals surface area contributed by atoms with Gasteiger partial charge in [-0.05, 0) is 19.1 Å². The molecule has 6 heteroatoms. The molecular formula is C14H16BrN3OS. The van der Waals surface area contributed by atoms with Crippen LogP contribution in [0.2, 0.25) is 0 Å². The zero-order chi connectivity index (χ0) is 14.7. The second kappa shape index (κ2) is 6.47. The highest BCUT2D eigenvalue weighted by atomic mass is 79.9. The summed E-state index contributed by atoms with van der Waals surface area (Å²) >= 11 is 4.89. The van der Waals surface area contributed by atoms with Crippen LogP contribution in [0.5, 0.6) is 0 Å². The summed E-state index contributed by atoms with van der Waals surface area (Å²) in [7, 11) is 0. The lowest BCUT2D eigenvalue weighted by molar-refractivity contribution is -0.119. The Labute approximate surface area is 130 Å². The monoisotopic (exact) mass is 353 g/mol. The molecule has 1 unspecified atom stereocenters. The number of halogens is 1. The Morgan fingerprint density at radius 1 is 1.45 bits per heavy atom. The maximum absolute atomic E-state index is 11.8. The number of hydrogen-bond acceptors (Lipinski definition) is 4. The third-order valence-corrected chi connectivity index (χ3v) is 4.36. The van der Waals surface area contributed by atoms with Crippen LogP contribution in [-0.2, 0) is 4.79 Å². The fourth-order valence-electron chi connectivity index (χ4n) is 1.66. The average Bonchev–Trinajstić information content (AvgIpc) is 2.79. The van der Waals surface area contributed by atoms with Crippen molar-refractivity contribution in [2.45, 2.75) is 13.8 Å². The Bertz CT molecular complexity index is 609. The zero-order valence-electron chi connectivity index (χ0n) is 11.3. The number of anilines is 1. The van der Waals surface area contributed by atoms with Crippen LogP contribution in [-0.4, -0.2) is 17.4 Å². The van der Waals surface area contributed by atoms with Gasteiger partial charge in [0.1, 0.15) is 0 Å². The van der Waals surface area contributed by atoms with Crippen molar-refractivity contribution in [2.24, 2.45) is 11.7 Å². The SMILES string of the molecule is Cc1sc(NC(=O)C(C)CN)nc1-c1ccc(Br)cc1. The molecule has 0 fully saturated rings. The van der Waals surface area contributed by atoms with Crippen LogP contribution in [0.25, 0.3) is 11.3 Å². The fraction of sp³-hybridized carbons (Fsp3) is 0.286. The van der Waals surface area contributed by atoms with Crippen molar-refractivity contribution < 1.29 is 4.79 Å². The van der Waals surface area contributed by atoms with E-state index in [-0.39, 0.29) is 11.8 Å². The number of carbonyl (C=O) groups is 1. The highest BCUT2D eigenvalue weighted by Crippen LogP contribution is 2.31. The number of benzene rings is 1. The molecule has 0 bridgehead atoms. The largest absolute Gasteiger partial charge is 0.330 e. The number of nitrogens with two attached hydrogens (primary N) is 1. The lowest BCUT2D eigenvalue weighted by Crippen LogP contribution is -2.26. The summed E-state index contributed by atoms with van der Waals surface area (Å²) in [5, 5.41) is 3.43. The Hall–Kier alpha value is -1.24. The lowest BCUT2D eigenvalue weighted by Gasteiger charge is -2.06. The minimum atomic E-state index is -0.213. The van der Waals surface area contributed by atoms with Gasteiger partial charge in [-0.1, -0.05) is 35.0 Å². The van der Waals surface area contributed by atoms with Crippen LogP contribution in [0.3, 0.4) is 0 Å². The number of aryl methyl sites for hydroxylation is 1. The van der Waals surface area contributed by atoms with Crippen LogP contribution in [0.15, 0.2) is 28.7 Å². The summed E-state index contributed by atoms with van der Waals surface area (Å²) in [6.07, 6.45) is 0. The van der Waals surface area contributed by atoms with Crippen molar-refractivity contribution >= 4 is 38.3 Å². The molecule has 1 amide bonds. The van der Waals surface area contributed by atoms with Gasteiger partial charge in [-0.15, -0.1) is 11.3 Å². The van der Waals surface area contributed by atoms with Gasteiger partial charge in [0.2, 0.25) is 5.91 Å². The van der Waals surface area contributed by atoms with E-state index in [1.54, 1.807) is 6.92 Å². The maximum Gasteiger partial charge on any atom is 0.230 e. The summed E-state index contributed by atoms with van der Waals surface area (Å²) in [6.45, 7) is 4.12. The highest BCUT2D eigenvalue weighted by molar-refractivity contribution is 9.10. The smallest absolute Gasteiger partial charge is 0.230 e. The summed E-state index contributed by atoms with van der Waals surface area (Å²) in [5.74, 6) is -0.307. The second-order valence-corrected chi connectivity index (χ2v) is 6.68. The number of thiazole rings is 1. The molecule has 1 heterocycles. The van der Waals surface area contributed by atoms with Gasteiger partial charge in [0.25, 0.3) is 0 Å². The van der Waals surface area contributed by atoms with Gasteiger partial charge in [-0.3, -0.25) is 4.79 Å². The van der Waals surface area contributed by atoms with Crippen LogP contribution in [0, 0.1) is 12.8 Å². The molecule has 0 radical (unpaired) electrons. The molecule has 0 aliphatic heterocycles. The van der Waals surface area contributed by atoms with Crippen molar-refractivity contribution in [3.05, 3.63) is 33.6 Å². The number of carbonyl (C=O) groups excluding carboxylic acids is 1. The Morgan fingerprint density at radius 2 is 2.10 bits per heavy atom. The van der Waals surface area contributed by atoms with E-state index in [0.717, 1.165) is 20.6 Å². The van der Waals surface area contributed by atoms with E-state index < -0.39 is 0 Å². The van der Waals surface area contributed by atoms with Crippen molar-refractivity contribution in [1.29, 1.82) is 0 Å². The summed E-state index contributed by atoms with van der Waals surface area (Å²) in [6, 6.07) is 7.95. The average molecular weight is 354 g/mol. The molecule has 0 spiro atoms. The predicted octanol–water partition coefficient (Wildman–Crippen LogP) is 3.41. The second-order valence-electron chi connectivity index (χ2n) is 4.56. The fourth-order valence-corrected chi connectivity index (χ4v) is 2.76. The third kappa shape index (κ3) is 3.45. The summed E-state index contributed by atoms with van der Waals surface area (Å²) < 4.78 is 1.03. The Morgan fingerprint density at radius 3 is 2.70 bits per heavy atom. The first-order valence-electron chi connectivity index (χ1n) is 6.25. The van der Waals surface area contributed by atoms with Gasteiger partial charge in [-0.2, -0.15) is 0 Å². The van der Waals surface area contributed by atoms with E-state index in [9.17, 15) is 4.79 Å². The lowest BCUT2D eigenvalue weighted by atomic mass is 10.1. The number of hydrogen-bond donors (Lipinski definition) is 2. The quantitative estimate of drug-likeness (QED) is 0.884. The highest BCUT2D eigenvalue weighted by Gasteiger charge is 2.15. The molecule has 106 valence electrons. The first kappa shape index (κ1) is 15.2. The molecule has 0 aliphatic carbocycles. The van der Waals surface area contributed by atoms with Gasteiger partial charge < -0.3 is 11.1 Å². The minimum absolute atomic E-state index is 0.0939. The maximum atomic E-state index is 11.8. The number of rotatable bonds is 4. The van der Waals surface area contributed by atoms with Crippen LogP contribution in [0.1, 0.15) is 11.8 Å².